The van der Waals surface area contributed by atoms with Crippen LogP contribution in [0.3, 0.4) is 0 Å². The molecule has 4 heteroatoms. The van der Waals surface area contributed by atoms with E-state index in [9.17, 15) is 4.79 Å². The number of carbonyl (C=O) groups excluding carboxylic acids is 1. The molecule has 1 N–H and O–H groups in total. The summed E-state index contributed by atoms with van der Waals surface area (Å²) in [5.74, 6) is 0.905. The van der Waals surface area contributed by atoms with Crippen molar-refractivity contribution in [1.82, 2.24) is 4.98 Å². The third-order valence-corrected chi connectivity index (χ3v) is 3.69. The Morgan fingerprint density at radius 3 is 2.64 bits per heavy atom. The van der Waals surface area contributed by atoms with Gasteiger partial charge in [-0.3, -0.25) is 4.79 Å². The lowest BCUT2D eigenvalue weighted by molar-refractivity contribution is -0.117. The van der Waals surface area contributed by atoms with Crippen molar-refractivity contribution in [1.29, 1.82) is 0 Å². The predicted octanol–water partition coefficient (Wildman–Crippen LogP) is 2.35. The molecule has 0 aliphatic heterocycles. The van der Waals surface area contributed by atoms with Crippen LogP contribution in [-0.4, -0.2) is 10.9 Å². The van der Waals surface area contributed by atoms with Gasteiger partial charge in [0.05, 0.1) is 5.69 Å². The Balaban J connectivity index is 2.00. The van der Waals surface area contributed by atoms with Gasteiger partial charge >= 0.3 is 0 Å². The molecule has 1 heterocycles. The van der Waals surface area contributed by atoms with Gasteiger partial charge in [-0.15, -0.1) is 11.3 Å². The van der Waals surface area contributed by atoms with Crippen molar-refractivity contribution in [3.63, 3.8) is 0 Å². The maximum absolute atomic E-state index is 11.6. The van der Waals surface area contributed by atoms with E-state index in [0.29, 0.717) is 5.92 Å². The molecule has 14 heavy (non-hydrogen) atoms. The molecule has 0 bridgehead atoms. The number of thiazole rings is 1. The first-order valence-electron chi connectivity index (χ1n) is 4.83. The first kappa shape index (κ1) is 9.65. The highest BCUT2D eigenvalue weighted by atomic mass is 32.1. The van der Waals surface area contributed by atoms with Crippen molar-refractivity contribution in [2.45, 2.75) is 27.2 Å². The summed E-state index contributed by atoms with van der Waals surface area (Å²) in [4.78, 5) is 17.0. The number of hydrogen-bond donors (Lipinski definition) is 1. The van der Waals surface area contributed by atoms with Crippen molar-refractivity contribution in [3.05, 3.63) is 10.6 Å². The number of hydrogen-bond acceptors (Lipinski definition) is 3. The minimum atomic E-state index is 0.131. The Labute approximate surface area is 87.6 Å². The Morgan fingerprint density at radius 2 is 2.21 bits per heavy atom. The maximum Gasteiger partial charge on any atom is 0.229 e. The van der Waals surface area contributed by atoms with E-state index < -0.39 is 0 Å². The summed E-state index contributed by atoms with van der Waals surface area (Å²) in [7, 11) is 0. The third-order valence-electron chi connectivity index (χ3n) is 2.70. The molecular formula is C10H14N2OS. The molecule has 3 nitrogen and oxygen atoms in total. The van der Waals surface area contributed by atoms with E-state index in [2.05, 4.69) is 17.2 Å². The lowest BCUT2D eigenvalue weighted by atomic mass is 10.3. The third kappa shape index (κ3) is 1.80. The molecule has 1 amide bonds. The van der Waals surface area contributed by atoms with Crippen LogP contribution in [0, 0.1) is 25.7 Å². The van der Waals surface area contributed by atoms with Gasteiger partial charge in [0.1, 0.15) is 0 Å². The van der Waals surface area contributed by atoms with Gasteiger partial charge in [-0.2, -0.15) is 0 Å². The lowest BCUT2D eigenvalue weighted by Crippen LogP contribution is -2.14. The molecular weight excluding hydrogens is 196 g/mol. The molecule has 1 saturated carbocycles. The standard InChI is InChI=1S/C10H14N2OS/c1-5-4-8(5)9(13)12-10-11-6(2)7(3)14-10/h5,8H,4H2,1-3H3,(H,11,12,13)/t5-,8+/m0/s1. The van der Waals surface area contributed by atoms with Crippen LogP contribution < -0.4 is 5.32 Å². The van der Waals surface area contributed by atoms with E-state index in [4.69, 9.17) is 0 Å². The highest BCUT2D eigenvalue weighted by molar-refractivity contribution is 7.15. The van der Waals surface area contributed by atoms with Crippen LogP contribution in [0.1, 0.15) is 23.9 Å². The van der Waals surface area contributed by atoms with Crippen LogP contribution in [0.15, 0.2) is 0 Å². The Kier molecular flexibility index (Phi) is 2.31. The lowest BCUT2D eigenvalue weighted by Gasteiger charge is -1.98. The van der Waals surface area contributed by atoms with Crippen LogP contribution in [0.5, 0.6) is 0 Å². The molecule has 1 aromatic heterocycles. The van der Waals surface area contributed by atoms with Gasteiger partial charge in [-0.05, 0) is 26.2 Å². The number of amides is 1. The van der Waals surface area contributed by atoms with Gasteiger partial charge in [0.25, 0.3) is 0 Å². The van der Waals surface area contributed by atoms with Crippen LogP contribution >= 0.6 is 11.3 Å². The molecule has 0 radical (unpaired) electrons. The fraction of sp³-hybridized carbons (Fsp3) is 0.600. The second-order valence-electron chi connectivity index (χ2n) is 3.97. The van der Waals surface area contributed by atoms with E-state index in [1.54, 1.807) is 11.3 Å². The van der Waals surface area contributed by atoms with E-state index in [1.807, 2.05) is 13.8 Å². The summed E-state index contributed by atoms with van der Waals surface area (Å²) in [6.45, 7) is 6.08. The molecule has 2 atom stereocenters. The predicted molar refractivity (Wildman–Crippen MR) is 57.5 cm³/mol. The molecule has 1 aliphatic carbocycles. The van der Waals surface area contributed by atoms with Crippen molar-refractivity contribution < 1.29 is 4.79 Å². The fourth-order valence-electron chi connectivity index (χ4n) is 1.41. The summed E-state index contributed by atoms with van der Waals surface area (Å²) < 4.78 is 0. The fourth-order valence-corrected chi connectivity index (χ4v) is 2.23. The number of anilines is 1. The summed E-state index contributed by atoms with van der Waals surface area (Å²) in [6.07, 6.45) is 1.02. The highest BCUT2D eigenvalue weighted by Crippen LogP contribution is 2.38. The number of aromatic nitrogens is 1. The van der Waals surface area contributed by atoms with Crippen LogP contribution in [0.2, 0.25) is 0 Å². The first-order chi connectivity index (χ1) is 6.58. The molecule has 0 saturated heterocycles. The minimum Gasteiger partial charge on any atom is -0.302 e. The smallest absolute Gasteiger partial charge is 0.229 e. The van der Waals surface area contributed by atoms with E-state index in [-0.39, 0.29) is 11.8 Å². The summed E-state index contributed by atoms with van der Waals surface area (Å²) in [6, 6.07) is 0. The number of carbonyl (C=O) groups is 1. The Bertz CT molecular complexity index is 353. The topological polar surface area (TPSA) is 42.0 Å². The average Bonchev–Trinajstić information content (AvgIpc) is 2.74. The molecule has 0 aromatic carbocycles. The maximum atomic E-state index is 11.6. The summed E-state index contributed by atoms with van der Waals surface area (Å²) >= 11 is 1.55. The second kappa shape index (κ2) is 3.35. The number of rotatable bonds is 2. The second-order valence-corrected chi connectivity index (χ2v) is 5.17. The molecule has 0 spiro atoms. The normalized spacial score (nSPS) is 24.8. The van der Waals surface area contributed by atoms with E-state index in [1.165, 1.54) is 4.88 Å². The van der Waals surface area contributed by atoms with Gasteiger partial charge < -0.3 is 5.32 Å². The molecule has 76 valence electrons. The van der Waals surface area contributed by atoms with Crippen molar-refractivity contribution >= 4 is 22.4 Å². The molecule has 1 aromatic rings. The molecule has 1 fully saturated rings. The Hall–Kier alpha value is -0.900. The Morgan fingerprint density at radius 1 is 1.57 bits per heavy atom. The largest absolute Gasteiger partial charge is 0.302 e. The summed E-state index contributed by atoms with van der Waals surface area (Å²) in [5, 5.41) is 3.60. The highest BCUT2D eigenvalue weighted by Gasteiger charge is 2.39. The van der Waals surface area contributed by atoms with Gasteiger partial charge in [0, 0.05) is 10.8 Å². The number of aryl methyl sites for hydroxylation is 2. The first-order valence-corrected chi connectivity index (χ1v) is 5.64. The SMILES string of the molecule is Cc1nc(NC(=O)[C@@H]2C[C@@H]2C)sc1C. The van der Waals surface area contributed by atoms with E-state index >= 15 is 0 Å². The quantitative estimate of drug-likeness (QED) is 0.814. The zero-order valence-corrected chi connectivity index (χ0v) is 9.44. The van der Waals surface area contributed by atoms with Gasteiger partial charge in [-0.25, -0.2) is 4.98 Å². The minimum absolute atomic E-state index is 0.131. The van der Waals surface area contributed by atoms with Crippen LogP contribution in [0.4, 0.5) is 5.13 Å². The molecule has 1 aliphatic rings. The molecule has 2 rings (SSSR count). The van der Waals surface area contributed by atoms with Crippen LogP contribution in [0.25, 0.3) is 0 Å². The van der Waals surface area contributed by atoms with E-state index in [0.717, 1.165) is 17.2 Å². The van der Waals surface area contributed by atoms with Gasteiger partial charge in [0.15, 0.2) is 5.13 Å². The zero-order valence-electron chi connectivity index (χ0n) is 8.63. The number of nitrogens with one attached hydrogen (secondary N) is 1. The monoisotopic (exact) mass is 210 g/mol. The average molecular weight is 210 g/mol. The van der Waals surface area contributed by atoms with Crippen LogP contribution in [-0.2, 0) is 4.79 Å². The van der Waals surface area contributed by atoms with Gasteiger partial charge in [0.2, 0.25) is 5.91 Å². The van der Waals surface area contributed by atoms with Crippen molar-refractivity contribution in [2.75, 3.05) is 5.32 Å². The van der Waals surface area contributed by atoms with Crippen molar-refractivity contribution in [2.24, 2.45) is 11.8 Å². The van der Waals surface area contributed by atoms with Crippen molar-refractivity contribution in [3.8, 4) is 0 Å². The zero-order chi connectivity index (χ0) is 10.3. The number of nitrogens with zero attached hydrogens (tertiary/aromatic N) is 1. The van der Waals surface area contributed by atoms with Gasteiger partial charge in [-0.1, -0.05) is 6.92 Å². The molecule has 0 unspecified atom stereocenters. The summed E-state index contributed by atoms with van der Waals surface area (Å²) in [5.41, 5.74) is 1.01.